The van der Waals surface area contributed by atoms with Crippen LogP contribution in [0, 0.1) is 6.92 Å². The van der Waals surface area contributed by atoms with Crippen LogP contribution in [0.5, 0.6) is 0 Å². The largest absolute Gasteiger partial charge is 0.744 e. The summed E-state index contributed by atoms with van der Waals surface area (Å²) >= 11 is 1.41. The number of nitrogens with zero attached hydrogens (tertiary/aromatic N) is 2. The quantitative estimate of drug-likeness (QED) is 0.317. The third kappa shape index (κ3) is 7.68. The number of likely N-dealkylation sites (N-methyl/N-ethyl adjacent to an activating group) is 1. The minimum Gasteiger partial charge on any atom is -0.744 e. The van der Waals surface area contributed by atoms with Gasteiger partial charge in [0, 0.05) is 0 Å². The zero-order valence-corrected chi connectivity index (χ0v) is 15.7. The predicted octanol–water partition coefficient (Wildman–Crippen LogP) is 0.890. The molecule has 0 saturated carbocycles. The van der Waals surface area contributed by atoms with Gasteiger partial charge in [-0.3, -0.25) is 0 Å². The van der Waals surface area contributed by atoms with Gasteiger partial charge in [0.25, 0.3) is 0 Å². The Hall–Kier alpha value is -0.842. The zero-order chi connectivity index (χ0) is 15.8. The second-order valence-electron chi connectivity index (χ2n) is 4.08. The van der Waals surface area contributed by atoms with E-state index in [0.717, 1.165) is 11.4 Å². The molecule has 1 aromatic carbocycles. The summed E-state index contributed by atoms with van der Waals surface area (Å²) in [7, 11) is 1.50. The molecule has 1 radical (unpaired) electrons. The maximum Gasteiger partial charge on any atom is 0.124 e. The van der Waals surface area contributed by atoms with E-state index in [2.05, 4.69) is 9.01 Å². The number of hydrogen-bond donors (Lipinski definition) is 0. The van der Waals surface area contributed by atoms with E-state index in [1.807, 2.05) is 32.0 Å². The van der Waals surface area contributed by atoms with E-state index < -0.39 is 10.1 Å². The molecule has 5 nitrogen and oxygen atoms in total. The van der Waals surface area contributed by atoms with Crippen molar-refractivity contribution in [2.75, 3.05) is 21.1 Å². The van der Waals surface area contributed by atoms with Crippen molar-refractivity contribution in [2.45, 2.75) is 11.8 Å². The third-order valence-corrected chi connectivity index (χ3v) is 3.55. The number of hydrogen-bond acceptors (Lipinski definition) is 4. The average Bonchev–Trinajstić information content (AvgIpc) is 2.35. The summed E-state index contributed by atoms with van der Waals surface area (Å²) in [4.78, 5) is 5.86. The van der Waals surface area contributed by atoms with Gasteiger partial charge >= 0.3 is 70.0 Å². The van der Waals surface area contributed by atoms with E-state index in [9.17, 15) is 13.0 Å². The van der Waals surface area contributed by atoms with E-state index in [4.69, 9.17) is 0 Å². The van der Waals surface area contributed by atoms with Crippen molar-refractivity contribution in [1.82, 2.24) is 4.90 Å². The van der Waals surface area contributed by atoms with E-state index >= 15 is 0 Å². The van der Waals surface area contributed by atoms with Crippen LogP contribution >= 0.6 is 0 Å². The predicted molar refractivity (Wildman–Crippen MR) is 82.5 cm³/mol. The molecule has 1 rings (SSSR count). The van der Waals surface area contributed by atoms with E-state index in [1.54, 1.807) is 19.2 Å². The fourth-order valence-electron chi connectivity index (χ4n) is 1.20. The molecule has 0 heterocycles. The molecule has 20 heavy (non-hydrogen) atoms. The van der Waals surface area contributed by atoms with Crippen LogP contribution < -0.4 is 0 Å². The minimum atomic E-state index is -4.27. The summed E-state index contributed by atoms with van der Waals surface area (Å²) in [6, 6.07) is 5.78. The van der Waals surface area contributed by atoms with Crippen molar-refractivity contribution in [3.63, 3.8) is 0 Å². The Morgan fingerprint density at radius 3 is 2.05 bits per heavy atom. The topological polar surface area (TPSA) is 72.8 Å². The first-order chi connectivity index (χ1) is 9.22. The molecule has 0 aliphatic heterocycles. The Balaban J connectivity index is 0.000000370. The molecule has 0 atom stereocenters. The Morgan fingerprint density at radius 1 is 1.30 bits per heavy atom. The van der Waals surface area contributed by atoms with Crippen LogP contribution in [-0.4, -0.2) is 67.9 Å². The molecule has 0 aliphatic rings. The molecule has 111 valence electrons. The first-order valence-electron chi connectivity index (χ1n) is 5.73. The monoisotopic (exact) mass is 404 g/mol. The van der Waals surface area contributed by atoms with Crippen LogP contribution in [0.1, 0.15) is 5.56 Å². The van der Waals surface area contributed by atoms with Gasteiger partial charge in [0.1, 0.15) is 10.1 Å². The minimum absolute atomic E-state index is 0.178. The summed E-state index contributed by atoms with van der Waals surface area (Å²) in [6.07, 6.45) is 2.01. The zero-order valence-electron chi connectivity index (χ0n) is 12.0. The van der Waals surface area contributed by atoms with Gasteiger partial charge in [-0.2, -0.15) is 0 Å². The molecule has 0 unspecified atom stereocenters. The van der Waals surface area contributed by atoms with Gasteiger partial charge < -0.3 is 4.55 Å². The number of benzene rings is 1. The van der Waals surface area contributed by atoms with Crippen LogP contribution in [0.4, 0.5) is 0 Å². The van der Waals surface area contributed by atoms with Gasteiger partial charge in [0.15, 0.2) is 0 Å². The SMILES string of the molecule is CN=C(C=[CH][SbH])N(C)C.Cc1ccc(S(=O)(=O)[O-])cc1. The molecule has 0 saturated heterocycles. The second kappa shape index (κ2) is 9.16. The fraction of sp³-hybridized carbons (Fsp3) is 0.308. The van der Waals surface area contributed by atoms with E-state index in [1.165, 1.54) is 35.2 Å². The molecule has 0 aromatic heterocycles. The summed E-state index contributed by atoms with van der Waals surface area (Å²) < 4.78 is 33.2. The van der Waals surface area contributed by atoms with Crippen LogP contribution in [-0.2, 0) is 10.1 Å². The first kappa shape index (κ1) is 19.2. The molecular weight excluding hydrogens is 386 g/mol. The molecule has 0 spiro atoms. The fourth-order valence-corrected chi connectivity index (χ4v) is 2.10. The van der Waals surface area contributed by atoms with Crippen molar-refractivity contribution < 1.29 is 13.0 Å². The van der Waals surface area contributed by atoms with Gasteiger partial charge in [0.2, 0.25) is 0 Å². The number of aryl methyl sites for hydroxylation is 1. The second-order valence-corrected chi connectivity index (χ2v) is 6.41. The van der Waals surface area contributed by atoms with E-state index in [0.29, 0.717) is 0 Å². The van der Waals surface area contributed by atoms with Crippen LogP contribution in [0.15, 0.2) is 44.3 Å². The van der Waals surface area contributed by atoms with Crippen LogP contribution in [0.2, 0.25) is 0 Å². The normalized spacial score (nSPS) is 12.0. The summed E-state index contributed by atoms with van der Waals surface area (Å²) in [5.41, 5.74) is 0.928. The Bertz CT molecular complexity index is 564. The number of aliphatic imine (C=N–C) groups is 1. The van der Waals surface area contributed by atoms with E-state index in [-0.39, 0.29) is 4.90 Å². The first-order valence-corrected chi connectivity index (χ1v) is 8.78. The third-order valence-electron chi connectivity index (χ3n) is 2.23. The standard InChI is InChI=1S/C7H8O3S.C6H11N2.Sb.H/c1-6-2-4-7(5-3-6)11(8,9)10;1-5-6(7-2)8(3)4;;/h2-5H,1H3,(H,8,9,10);1,5H,2-4H3;;/p-1. The summed E-state index contributed by atoms with van der Waals surface area (Å²) in [5.74, 6) is 1.02. The van der Waals surface area contributed by atoms with Crippen molar-refractivity contribution in [2.24, 2.45) is 4.99 Å². The molecule has 0 N–H and O–H groups in total. The number of rotatable bonds is 2. The smallest absolute Gasteiger partial charge is 0.124 e. The molecular formula is C13H19N2O3SSb-. The molecule has 0 bridgehead atoms. The van der Waals surface area contributed by atoms with Gasteiger partial charge in [0.05, 0.1) is 4.90 Å². The molecule has 0 amide bonds. The molecule has 0 aliphatic carbocycles. The van der Waals surface area contributed by atoms with Crippen molar-refractivity contribution in [3.8, 4) is 0 Å². The average molecular weight is 405 g/mol. The Labute approximate surface area is 134 Å². The van der Waals surface area contributed by atoms with Crippen molar-refractivity contribution >= 4 is 39.0 Å². The van der Waals surface area contributed by atoms with Crippen molar-refractivity contribution in [1.29, 1.82) is 0 Å². The molecule has 7 heteroatoms. The summed E-state index contributed by atoms with van der Waals surface area (Å²) in [5, 5.41) is 0. The maximum atomic E-state index is 10.4. The van der Waals surface area contributed by atoms with Gasteiger partial charge in [-0.15, -0.1) is 0 Å². The summed E-state index contributed by atoms with van der Waals surface area (Å²) in [6.45, 7) is 1.82. The van der Waals surface area contributed by atoms with Gasteiger partial charge in [-0.1, -0.05) is 17.7 Å². The van der Waals surface area contributed by atoms with Gasteiger partial charge in [-0.05, 0) is 19.1 Å². The van der Waals surface area contributed by atoms with Crippen molar-refractivity contribution in [3.05, 3.63) is 39.9 Å². The molecule has 1 aromatic rings. The van der Waals surface area contributed by atoms with Crippen LogP contribution in [0.3, 0.4) is 0 Å². The Kier molecular flexibility index (Phi) is 8.77. The Morgan fingerprint density at radius 2 is 1.80 bits per heavy atom. The van der Waals surface area contributed by atoms with Gasteiger partial charge in [-0.25, -0.2) is 8.42 Å². The number of amidine groups is 1. The molecule has 0 fully saturated rings. The van der Waals surface area contributed by atoms with Crippen LogP contribution in [0.25, 0.3) is 0 Å². The maximum absolute atomic E-state index is 10.4.